The van der Waals surface area contributed by atoms with Gasteiger partial charge in [-0.2, -0.15) is 15.0 Å². The number of nitrogens with zero attached hydrogens (tertiary/aromatic N) is 3. The molecule has 5 heteroatoms. The van der Waals surface area contributed by atoms with Crippen LogP contribution in [0.15, 0.2) is 24.4 Å². The van der Waals surface area contributed by atoms with Crippen LogP contribution in [0.3, 0.4) is 0 Å². The molecule has 20 heavy (non-hydrogen) atoms. The summed E-state index contributed by atoms with van der Waals surface area (Å²) in [5.74, 6) is 0. The summed E-state index contributed by atoms with van der Waals surface area (Å²) >= 11 is 0. The molecular formula is C15H22N4O. The van der Waals surface area contributed by atoms with Crippen molar-refractivity contribution in [1.29, 1.82) is 0 Å². The monoisotopic (exact) mass is 274 g/mol. The smallest absolute Gasteiger partial charge is 0.0969 e. The fourth-order valence-corrected chi connectivity index (χ4v) is 2.15. The molecule has 0 aliphatic heterocycles. The number of nitrogens with one attached hydrogen (secondary N) is 1. The Labute approximate surface area is 119 Å². The zero-order valence-electron chi connectivity index (χ0n) is 12.3. The maximum absolute atomic E-state index is 9.14. The minimum Gasteiger partial charge on any atom is -0.395 e. The zero-order valence-corrected chi connectivity index (χ0v) is 12.3. The predicted octanol–water partition coefficient (Wildman–Crippen LogP) is 1.74. The van der Waals surface area contributed by atoms with Crippen molar-refractivity contribution >= 4 is 0 Å². The second kappa shape index (κ2) is 6.63. The molecule has 1 atom stereocenters. The molecule has 2 N–H and O–H groups in total. The van der Waals surface area contributed by atoms with Crippen molar-refractivity contribution in [2.45, 2.75) is 39.8 Å². The predicted molar refractivity (Wildman–Crippen MR) is 78.8 cm³/mol. The normalized spacial score (nSPS) is 12.6. The molecule has 1 unspecified atom stereocenters. The molecule has 0 saturated carbocycles. The standard InChI is InChI=1S/C15H22N4O/c1-4-13(10-20)16-8-14-9-17-19(18-14)15-6-11(2)5-12(3)7-15/h5-7,9,13,16,20H,4,8,10H2,1-3H3. The van der Waals surface area contributed by atoms with Gasteiger partial charge in [-0.15, -0.1) is 0 Å². The summed E-state index contributed by atoms with van der Waals surface area (Å²) in [7, 11) is 0. The Balaban J connectivity index is 2.08. The van der Waals surface area contributed by atoms with Crippen molar-refractivity contribution in [3.63, 3.8) is 0 Å². The Hall–Kier alpha value is -1.72. The number of aromatic nitrogens is 3. The molecule has 5 nitrogen and oxygen atoms in total. The van der Waals surface area contributed by atoms with Crippen molar-refractivity contribution in [1.82, 2.24) is 20.3 Å². The summed E-state index contributed by atoms with van der Waals surface area (Å²) in [5, 5.41) is 21.2. The van der Waals surface area contributed by atoms with Crippen LogP contribution in [-0.4, -0.2) is 32.7 Å². The highest BCUT2D eigenvalue weighted by Crippen LogP contribution is 2.12. The van der Waals surface area contributed by atoms with Gasteiger partial charge in [0.05, 0.1) is 24.2 Å². The summed E-state index contributed by atoms with van der Waals surface area (Å²) in [6.45, 7) is 6.93. The molecule has 0 aliphatic carbocycles. The highest BCUT2D eigenvalue weighted by Gasteiger charge is 2.07. The third kappa shape index (κ3) is 3.65. The van der Waals surface area contributed by atoms with Gasteiger partial charge in [-0.1, -0.05) is 13.0 Å². The Morgan fingerprint density at radius 2 is 1.95 bits per heavy atom. The molecule has 0 bridgehead atoms. The maximum Gasteiger partial charge on any atom is 0.0969 e. The number of hydrogen-bond donors (Lipinski definition) is 2. The van der Waals surface area contributed by atoms with Crippen molar-refractivity contribution in [3.05, 3.63) is 41.2 Å². The second-order valence-corrected chi connectivity index (χ2v) is 5.14. The lowest BCUT2D eigenvalue weighted by Crippen LogP contribution is -2.31. The van der Waals surface area contributed by atoms with E-state index < -0.39 is 0 Å². The van der Waals surface area contributed by atoms with Crippen LogP contribution < -0.4 is 5.32 Å². The van der Waals surface area contributed by atoms with Gasteiger partial charge in [0.2, 0.25) is 0 Å². The van der Waals surface area contributed by atoms with Crippen molar-refractivity contribution in [2.24, 2.45) is 0 Å². The number of benzene rings is 1. The molecule has 1 heterocycles. The Kier molecular flexibility index (Phi) is 4.87. The van der Waals surface area contributed by atoms with Crippen LogP contribution in [0.5, 0.6) is 0 Å². The summed E-state index contributed by atoms with van der Waals surface area (Å²) < 4.78 is 0. The van der Waals surface area contributed by atoms with Crippen LogP contribution in [0.25, 0.3) is 5.69 Å². The number of rotatable bonds is 6. The molecule has 0 radical (unpaired) electrons. The molecule has 2 rings (SSSR count). The van der Waals surface area contributed by atoms with E-state index in [1.54, 1.807) is 11.0 Å². The first kappa shape index (κ1) is 14.7. The van der Waals surface area contributed by atoms with Crippen molar-refractivity contribution < 1.29 is 5.11 Å². The average molecular weight is 274 g/mol. The van der Waals surface area contributed by atoms with E-state index in [-0.39, 0.29) is 12.6 Å². The molecule has 1 aromatic heterocycles. The summed E-state index contributed by atoms with van der Waals surface area (Å²) in [6, 6.07) is 6.36. The SMILES string of the molecule is CCC(CO)NCc1cnn(-c2cc(C)cc(C)c2)n1. The highest BCUT2D eigenvalue weighted by atomic mass is 16.3. The first-order chi connectivity index (χ1) is 9.62. The fourth-order valence-electron chi connectivity index (χ4n) is 2.15. The van der Waals surface area contributed by atoms with Crippen LogP contribution >= 0.6 is 0 Å². The number of aryl methyl sites for hydroxylation is 2. The van der Waals surface area contributed by atoms with Gasteiger partial charge in [0.25, 0.3) is 0 Å². The first-order valence-corrected chi connectivity index (χ1v) is 6.96. The molecule has 0 fully saturated rings. The highest BCUT2D eigenvalue weighted by molar-refractivity contribution is 5.37. The van der Waals surface area contributed by atoms with E-state index in [2.05, 4.69) is 47.6 Å². The quantitative estimate of drug-likeness (QED) is 0.842. The lowest BCUT2D eigenvalue weighted by atomic mass is 10.1. The summed E-state index contributed by atoms with van der Waals surface area (Å²) in [5.41, 5.74) is 4.24. The number of aliphatic hydroxyl groups excluding tert-OH is 1. The van der Waals surface area contributed by atoms with Crippen molar-refractivity contribution in [3.8, 4) is 5.69 Å². The second-order valence-electron chi connectivity index (χ2n) is 5.14. The summed E-state index contributed by atoms with van der Waals surface area (Å²) in [6.07, 6.45) is 2.65. The van der Waals surface area contributed by atoms with Gasteiger partial charge in [0, 0.05) is 12.6 Å². The van der Waals surface area contributed by atoms with Crippen LogP contribution in [-0.2, 0) is 6.54 Å². The van der Waals surface area contributed by atoms with Gasteiger partial charge in [0.15, 0.2) is 0 Å². The van der Waals surface area contributed by atoms with Crippen LogP contribution in [0, 0.1) is 13.8 Å². The molecule has 1 aromatic carbocycles. The molecule has 0 saturated heterocycles. The number of hydrogen-bond acceptors (Lipinski definition) is 4. The average Bonchev–Trinajstić information content (AvgIpc) is 2.88. The zero-order chi connectivity index (χ0) is 14.5. The minimum atomic E-state index is 0.112. The summed E-state index contributed by atoms with van der Waals surface area (Å²) in [4.78, 5) is 1.65. The van der Waals surface area contributed by atoms with Crippen LogP contribution in [0.1, 0.15) is 30.2 Å². The first-order valence-electron chi connectivity index (χ1n) is 6.96. The van der Waals surface area contributed by atoms with E-state index in [1.165, 1.54) is 11.1 Å². The van der Waals surface area contributed by atoms with Gasteiger partial charge in [-0.25, -0.2) is 0 Å². The maximum atomic E-state index is 9.14. The van der Waals surface area contributed by atoms with Gasteiger partial charge < -0.3 is 10.4 Å². The van der Waals surface area contributed by atoms with E-state index >= 15 is 0 Å². The van der Waals surface area contributed by atoms with E-state index in [0.717, 1.165) is 17.8 Å². The molecule has 0 aliphatic rings. The lowest BCUT2D eigenvalue weighted by molar-refractivity contribution is 0.238. The van der Waals surface area contributed by atoms with Crippen LogP contribution in [0.4, 0.5) is 0 Å². The van der Waals surface area contributed by atoms with Crippen LogP contribution in [0.2, 0.25) is 0 Å². The Morgan fingerprint density at radius 1 is 1.25 bits per heavy atom. The molecular weight excluding hydrogens is 252 g/mol. The van der Waals surface area contributed by atoms with E-state index in [4.69, 9.17) is 5.11 Å². The van der Waals surface area contributed by atoms with Gasteiger partial charge in [0.1, 0.15) is 0 Å². The van der Waals surface area contributed by atoms with E-state index in [1.807, 2.05) is 6.92 Å². The largest absolute Gasteiger partial charge is 0.395 e. The van der Waals surface area contributed by atoms with Crippen molar-refractivity contribution in [2.75, 3.05) is 6.61 Å². The third-order valence-electron chi connectivity index (χ3n) is 3.26. The van der Waals surface area contributed by atoms with E-state index in [0.29, 0.717) is 6.54 Å². The van der Waals surface area contributed by atoms with E-state index in [9.17, 15) is 0 Å². The molecule has 108 valence electrons. The molecule has 0 amide bonds. The van der Waals surface area contributed by atoms with Gasteiger partial charge >= 0.3 is 0 Å². The number of aliphatic hydroxyl groups is 1. The lowest BCUT2D eigenvalue weighted by Gasteiger charge is -2.12. The Morgan fingerprint density at radius 3 is 2.55 bits per heavy atom. The van der Waals surface area contributed by atoms with Gasteiger partial charge in [-0.3, -0.25) is 0 Å². The third-order valence-corrected chi connectivity index (χ3v) is 3.26. The topological polar surface area (TPSA) is 63.0 Å². The molecule has 2 aromatic rings. The molecule has 0 spiro atoms. The van der Waals surface area contributed by atoms with Gasteiger partial charge in [-0.05, 0) is 43.5 Å². The fraction of sp³-hybridized carbons (Fsp3) is 0.467. The Bertz CT molecular complexity index is 541. The minimum absolute atomic E-state index is 0.112.